The van der Waals surface area contributed by atoms with Crippen molar-refractivity contribution in [2.75, 3.05) is 39.1 Å². The van der Waals surface area contributed by atoms with Crippen molar-refractivity contribution >= 4 is 17.7 Å². The minimum atomic E-state index is 0.315. The number of nitrogens with zero attached hydrogens (tertiary/aromatic N) is 7. The number of aromatic nitrogens is 3. The Labute approximate surface area is 215 Å². The molecule has 5 rings (SSSR count). The third kappa shape index (κ3) is 4.78. The molecule has 0 spiro atoms. The van der Waals surface area contributed by atoms with Crippen molar-refractivity contribution in [3.05, 3.63) is 59.2 Å². The molecule has 0 amide bonds. The summed E-state index contributed by atoms with van der Waals surface area (Å²) in [6.45, 7) is 7.48. The molecule has 1 aliphatic carbocycles. The molecule has 2 aliphatic rings. The highest BCUT2D eigenvalue weighted by Crippen LogP contribution is 2.35. The number of hydrogen-bond acceptors (Lipinski definition) is 6. The van der Waals surface area contributed by atoms with Crippen molar-refractivity contribution in [1.29, 1.82) is 0 Å². The number of anilines is 1. The number of aliphatic imine (C=N–C) groups is 1. The molecule has 3 aromatic rings. The molecule has 0 bridgehead atoms. The van der Waals surface area contributed by atoms with Crippen molar-refractivity contribution in [3.8, 4) is 0 Å². The van der Waals surface area contributed by atoms with Crippen LogP contribution in [0.1, 0.15) is 68.2 Å². The van der Waals surface area contributed by atoms with E-state index in [1.807, 2.05) is 19.5 Å². The molecular weight excluding hydrogens is 446 g/mol. The molecule has 36 heavy (non-hydrogen) atoms. The molecule has 7 heteroatoms. The summed E-state index contributed by atoms with van der Waals surface area (Å²) in [5.74, 6) is 1.22. The minimum absolute atomic E-state index is 0.315. The third-order valence-corrected chi connectivity index (χ3v) is 8.07. The van der Waals surface area contributed by atoms with Crippen molar-refractivity contribution in [2.45, 2.75) is 70.6 Å². The number of rotatable bonds is 7. The van der Waals surface area contributed by atoms with Gasteiger partial charge < -0.3 is 9.80 Å². The van der Waals surface area contributed by atoms with Crippen LogP contribution in [-0.4, -0.2) is 76.7 Å². The van der Waals surface area contributed by atoms with E-state index in [0.717, 1.165) is 49.5 Å². The number of imidazole rings is 1. The first kappa shape index (κ1) is 24.9. The summed E-state index contributed by atoms with van der Waals surface area (Å²) in [5.41, 5.74) is 5.83. The van der Waals surface area contributed by atoms with Crippen LogP contribution in [0.2, 0.25) is 0 Å². The van der Waals surface area contributed by atoms with Crippen LogP contribution in [0.5, 0.6) is 0 Å². The summed E-state index contributed by atoms with van der Waals surface area (Å²) in [6, 6.07) is 12.2. The van der Waals surface area contributed by atoms with E-state index in [1.165, 1.54) is 36.3 Å². The first-order valence-electron chi connectivity index (χ1n) is 13.5. The summed E-state index contributed by atoms with van der Waals surface area (Å²) < 4.78 is 2.32. The molecule has 1 atom stereocenters. The molecule has 1 aliphatic heterocycles. The molecule has 1 fully saturated rings. The predicted octanol–water partition coefficient (Wildman–Crippen LogP) is 4.60. The van der Waals surface area contributed by atoms with Gasteiger partial charge in [-0.2, -0.15) is 0 Å². The Morgan fingerprint density at radius 1 is 1.11 bits per heavy atom. The number of aryl methyl sites for hydroxylation is 1. The second-order valence-electron chi connectivity index (χ2n) is 10.8. The Morgan fingerprint density at radius 2 is 1.92 bits per heavy atom. The van der Waals surface area contributed by atoms with Crippen molar-refractivity contribution < 1.29 is 0 Å². The molecule has 1 saturated heterocycles. The summed E-state index contributed by atoms with van der Waals surface area (Å²) in [5, 5.41) is 0. The Morgan fingerprint density at radius 3 is 2.64 bits per heavy atom. The van der Waals surface area contributed by atoms with Crippen LogP contribution in [0.15, 0.2) is 41.5 Å². The molecule has 7 nitrogen and oxygen atoms in total. The zero-order chi connectivity index (χ0) is 25.2. The first-order valence-corrected chi connectivity index (χ1v) is 13.5. The number of fused-ring (bicyclic) bond motifs is 2. The smallest absolute Gasteiger partial charge is 0.139 e. The fourth-order valence-corrected chi connectivity index (χ4v) is 6.11. The van der Waals surface area contributed by atoms with E-state index in [-0.39, 0.29) is 0 Å². The van der Waals surface area contributed by atoms with E-state index < -0.39 is 0 Å². The van der Waals surface area contributed by atoms with Crippen LogP contribution in [-0.2, 0) is 13.0 Å². The van der Waals surface area contributed by atoms with Crippen LogP contribution in [0.25, 0.3) is 5.65 Å². The van der Waals surface area contributed by atoms with Gasteiger partial charge in [-0.3, -0.25) is 19.3 Å². The van der Waals surface area contributed by atoms with Gasteiger partial charge in [0.2, 0.25) is 0 Å². The zero-order valence-corrected chi connectivity index (χ0v) is 22.6. The topological polar surface area (TPSA) is 52.3 Å². The molecular formula is C29H41N7. The van der Waals surface area contributed by atoms with Crippen LogP contribution in [0.3, 0.4) is 0 Å². The maximum atomic E-state index is 5.18. The van der Waals surface area contributed by atoms with Crippen molar-refractivity contribution in [1.82, 2.24) is 24.2 Å². The maximum Gasteiger partial charge on any atom is 0.139 e. The molecule has 0 radical (unpaired) electrons. The van der Waals surface area contributed by atoms with Crippen molar-refractivity contribution in [3.63, 3.8) is 0 Å². The van der Waals surface area contributed by atoms with E-state index >= 15 is 0 Å². The lowest BCUT2D eigenvalue weighted by atomic mass is 9.90. The average Bonchev–Trinajstić information content (AvgIpc) is 3.24. The fourth-order valence-electron chi connectivity index (χ4n) is 6.11. The Bertz CT molecular complexity index is 1200. The fraction of sp³-hybridized carbons (Fsp3) is 0.552. The van der Waals surface area contributed by atoms with Crippen LogP contribution >= 0.6 is 0 Å². The molecule has 192 valence electrons. The minimum Gasteiger partial charge on any atom is -0.358 e. The lowest BCUT2D eigenvalue weighted by molar-refractivity contribution is 0.124. The summed E-state index contributed by atoms with van der Waals surface area (Å²) >= 11 is 0. The maximum absolute atomic E-state index is 5.18. The predicted molar refractivity (Wildman–Crippen MR) is 148 cm³/mol. The molecule has 0 saturated carbocycles. The lowest BCUT2D eigenvalue weighted by Crippen LogP contribution is -2.42. The lowest BCUT2D eigenvalue weighted by Gasteiger charge is -2.37. The Kier molecular flexibility index (Phi) is 7.39. The largest absolute Gasteiger partial charge is 0.358 e. The average molecular weight is 488 g/mol. The van der Waals surface area contributed by atoms with Gasteiger partial charge in [-0.1, -0.05) is 12.1 Å². The molecule has 0 aromatic carbocycles. The van der Waals surface area contributed by atoms with Gasteiger partial charge in [0, 0.05) is 51.2 Å². The van der Waals surface area contributed by atoms with Crippen LogP contribution < -0.4 is 4.90 Å². The van der Waals surface area contributed by atoms with Gasteiger partial charge in [-0.15, -0.1) is 0 Å². The standard InChI is InChI=1S/C29H41N7/c1-21(2)35(25-11-6-9-22-10-8-16-31-29(22)25)20-24-26(19-30-3)36-27(32-24)12-7-13-28(36)34-17-14-23(15-18-34)33(4)5/h7-8,10,12-13,16,19,21,23,25H,6,9,11,14-15,17-18,20H2,1-5H3/t25-/m0/s1. The molecule has 4 heterocycles. The number of hydrogen-bond donors (Lipinski definition) is 0. The Balaban J connectivity index is 1.51. The molecule has 0 N–H and O–H groups in total. The second-order valence-corrected chi connectivity index (χ2v) is 10.8. The van der Waals surface area contributed by atoms with E-state index in [1.54, 1.807) is 0 Å². The van der Waals surface area contributed by atoms with E-state index in [0.29, 0.717) is 18.1 Å². The SMILES string of the molecule is CN=Cc1c(CN(C(C)C)[C@H]2CCCc3cccnc32)nc2cccc(N3CCC(N(C)C)CC3)n12. The third-order valence-electron chi connectivity index (χ3n) is 8.07. The normalized spacial score (nSPS) is 19.3. The van der Waals surface area contributed by atoms with Gasteiger partial charge in [0.1, 0.15) is 11.5 Å². The Hall–Kier alpha value is -2.77. The molecule has 3 aromatic heterocycles. The van der Waals surface area contributed by atoms with E-state index in [9.17, 15) is 0 Å². The second kappa shape index (κ2) is 10.7. The summed E-state index contributed by atoms with van der Waals surface area (Å²) in [7, 11) is 6.25. The summed E-state index contributed by atoms with van der Waals surface area (Å²) in [6.07, 6.45) is 9.77. The highest BCUT2D eigenvalue weighted by atomic mass is 15.3. The monoisotopic (exact) mass is 487 g/mol. The quantitative estimate of drug-likeness (QED) is 0.456. The number of pyridine rings is 2. The van der Waals surface area contributed by atoms with E-state index in [4.69, 9.17) is 9.97 Å². The van der Waals surface area contributed by atoms with E-state index in [2.05, 4.69) is 82.4 Å². The van der Waals surface area contributed by atoms with Gasteiger partial charge >= 0.3 is 0 Å². The van der Waals surface area contributed by atoms with Gasteiger partial charge in [0.05, 0.1) is 23.1 Å². The summed E-state index contributed by atoms with van der Waals surface area (Å²) in [4.78, 5) is 22.0. The highest BCUT2D eigenvalue weighted by molar-refractivity contribution is 5.82. The van der Waals surface area contributed by atoms with Crippen LogP contribution in [0.4, 0.5) is 5.82 Å². The highest BCUT2D eigenvalue weighted by Gasteiger charge is 2.31. The van der Waals surface area contributed by atoms with Gasteiger partial charge in [0.15, 0.2) is 0 Å². The van der Waals surface area contributed by atoms with Gasteiger partial charge in [0.25, 0.3) is 0 Å². The van der Waals surface area contributed by atoms with Crippen LogP contribution in [0, 0.1) is 0 Å². The first-order chi connectivity index (χ1) is 17.5. The number of piperidine rings is 1. The zero-order valence-electron chi connectivity index (χ0n) is 22.6. The van der Waals surface area contributed by atoms with Crippen molar-refractivity contribution in [2.24, 2.45) is 4.99 Å². The van der Waals surface area contributed by atoms with Gasteiger partial charge in [-0.25, -0.2) is 4.98 Å². The van der Waals surface area contributed by atoms with Gasteiger partial charge in [-0.05, 0) is 83.8 Å². The molecule has 0 unspecified atom stereocenters.